The molecule has 0 bridgehead atoms. The zero-order valence-corrected chi connectivity index (χ0v) is 11.9. The summed E-state index contributed by atoms with van der Waals surface area (Å²) < 4.78 is 11.1. The van der Waals surface area contributed by atoms with E-state index in [9.17, 15) is 0 Å². The maximum atomic E-state index is 8.83. The molecule has 3 nitrogen and oxygen atoms in total. The minimum Gasteiger partial charge on any atom is -0.531 e. The van der Waals surface area contributed by atoms with Gasteiger partial charge < -0.3 is 14.1 Å². The molecule has 0 amide bonds. The predicted molar refractivity (Wildman–Crippen MR) is 87.0 cm³/mol. The highest BCUT2D eigenvalue weighted by Gasteiger charge is 2.13. The molecule has 2 heterocycles. The molecule has 21 heavy (non-hydrogen) atoms. The lowest BCUT2D eigenvalue weighted by Crippen LogP contribution is -1.97. The second kappa shape index (κ2) is 4.95. The highest BCUT2D eigenvalue weighted by Crippen LogP contribution is 2.39. The maximum absolute atomic E-state index is 8.83. The van der Waals surface area contributed by atoms with Crippen LogP contribution in [-0.4, -0.2) is 12.7 Å². The van der Waals surface area contributed by atoms with Gasteiger partial charge in [-0.1, -0.05) is 30.3 Å². The van der Waals surface area contributed by atoms with Crippen LogP contribution in [-0.2, 0) is 0 Å². The van der Waals surface area contributed by atoms with Crippen molar-refractivity contribution in [3.05, 3.63) is 54.6 Å². The SMILES string of the molecule is OBOc1ccc(-c2cccc3c2oc2ccccc23)s1. The van der Waals surface area contributed by atoms with Crippen molar-refractivity contribution in [1.82, 2.24) is 0 Å². The number of benzene rings is 2. The Morgan fingerprint density at radius 3 is 2.71 bits per heavy atom. The Kier molecular flexibility index (Phi) is 2.95. The van der Waals surface area contributed by atoms with E-state index in [-0.39, 0.29) is 7.69 Å². The van der Waals surface area contributed by atoms with Crippen LogP contribution in [0.25, 0.3) is 32.4 Å². The Bertz CT molecular complexity index is 925. The first-order valence-corrected chi connectivity index (χ1v) is 7.42. The van der Waals surface area contributed by atoms with Crippen LogP contribution in [0.5, 0.6) is 5.06 Å². The van der Waals surface area contributed by atoms with Crippen LogP contribution in [0.4, 0.5) is 0 Å². The lowest BCUT2D eigenvalue weighted by Gasteiger charge is -1.99. The van der Waals surface area contributed by atoms with Crippen molar-refractivity contribution in [3.8, 4) is 15.5 Å². The summed E-state index contributed by atoms with van der Waals surface area (Å²) in [5.74, 6) is 0. The van der Waals surface area contributed by atoms with E-state index in [1.54, 1.807) is 0 Å². The van der Waals surface area contributed by atoms with Gasteiger partial charge in [-0.3, -0.25) is 0 Å². The largest absolute Gasteiger partial charge is 0.531 e. The number of furan rings is 1. The molecule has 0 atom stereocenters. The Morgan fingerprint density at radius 2 is 1.81 bits per heavy atom. The summed E-state index contributed by atoms with van der Waals surface area (Å²) in [5, 5.41) is 11.8. The lowest BCUT2D eigenvalue weighted by atomic mass is 10.1. The third kappa shape index (κ3) is 2.02. The quantitative estimate of drug-likeness (QED) is 0.582. The summed E-state index contributed by atoms with van der Waals surface area (Å²) >= 11 is 1.49. The lowest BCUT2D eigenvalue weighted by molar-refractivity contribution is 0.461. The van der Waals surface area contributed by atoms with E-state index >= 15 is 0 Å². The van der Waals surface area contributed by atoms with Crippen LogP contribution in [0, 0.1) is 0 Å². The Hall–Kier alpha value is -2.24. The molecule has 4 aromatic rings. The van der Waals surface area contributed by atoms with E-state index in [0.29, 0.717) is 5.06 Å². The third-order valence-electron chi connectivity index (χ3n) is 3.46. The van der Waals surface area contributed by atoms with Gasteiger partial charge >= 0.3 is 7.69 Å². The highest BCUT2D eigenvalue weighted by atomic mass is 32.1. The first-order valence-electron chi connectivity index (χ1n) is 6.61. The fourth-order valence-electron chi connectivity index (χ4n) is 2.55. The maximum Gasteiger partial charge on any atom is 0.504 e. The van der Waals surface area contributed by atoms with Crippen LogP contribution in [0.1, 0.15) is 0 Å². The van der Waals surface area contributed by atoms with Gasteiger partial charge in [0, 0.05) is 21.2 Å². The van der Waals surface area contributed by atoms with Crippen molar-refractivity contribution >= 4 is 41.0 Å². The average molecular weight is 294 g/mol. The van der Waals surface area contributed by atoms with Gasteiger partial charge in [-0.2, -0.15) is 0 Å². The monoisotopic (exact) mass is 294 g/mol. The average Bonchev–Trinajstić information content (AvgIpc) is 3.11. The molecule has 0 aliphatic carbocycles. The van der Waals surface area contributed by atoms with Crippen molar-refractivity contribution in [1.29, 1.82) is 0 Å². The van der Waals surface area contributed by atoms with Gasteiger partial charge in [0.1, 0.15) is 11.2 Å². The fraction of sp³-hybridized carbons (Fsp3) is 0. The molecule has 0 aliphatic heterocycles. The smallest absolute Gasteiger partial charge is 0.504 e. The summed E-state index contributed by atoms with van der Waals surface area (Å²) in [6, 6.07) is 18.0. The van der Waals surface area contributed by atoms with Crippen molar-refractivity contribution in [2.45, 2.75) is 0 Å². The second-order valence-corrected chi connectivity index (χ2v) is 5.72. The normalized spacial score (nSPS) is 11.1. The van der Waals surface area contributed by atoms with Gasteiger partial charge in [-0.15, -0.1) is 11.3 Å². The zero-order valence-electron chi connectivity index (χ0n) is 11.1. The van der Waals surface area contributed by atoms with Gasteiger partial charge in [-0.25, -0.2) is 0 Å². The molecule has 0 spiro atoms. The summed E-state index contributed by atoms with van der Waals surface area (Å²) in [6.07, 6.45) is 0. The van der Waals surface area contributed by atoms with Gasteiger partial charge in [0.25, 0.3) is 0 Å². The predicted octanol–water partition coefficient (Wildman–Crippen LogP) is 3.95. The van der Waals surface area contributed by atoms with E-state index in [1.165, 1.54) is 11.3 Å². The van der Waals surface area contributed by atoms with Crippen LogP contribution in [0.15, 0.2) is 59.0 Å². The molecule has 0 fully saturated rings. The number of hydrogen-bond donors (Lipinski definition) is 1. The fourth-order valence-corrected chi connectivity index (χ4v) is 3.42. The van der Waals surface area contributed by atoms with Crippen molar-refractivity contribution < 1.29 is 14.1 Å². The van der Waals surface area contributed by atoms with Crippen LogP contribution < -0.4 is 4.65 Å². The molecule has 0 saturated heterocycles. The Balaban J connectivity index is 1.95. The van der Waals surface area contributed by atoms with Gasteiger partial charge in [-0.05, 0) is 24.3 Å². The number of rotatable bonds is 3. The van der Waals surface area contributed by atoms with Crippen LogP contribution in [0.3, 0.4) is 0 Å². The van der Waals surface area contributed by atoms with E-state index in [2.05, 4.69) is 12.1 Å². The van der Waals surface area contributed by atoms with Crippen molar-refractivity contribution in [2.75, 3.05) is 0 Å². The molecule has 1 N–H and O–H groups in total. The highest BCUT2D eigenvalue weighted by molar-refractivity contribution is 7.17. The number of thiophene rings is 1. The van der Waals surface area contributed by atoms with Crippen LogP contribution >= 0.6 is 11.3 Å². The summed E-state index contributed by atoms with van der Waals surface area (Å²) in [4.78, 5) is 1.06. The van der Waals surface area contributed by atoms with E-state index < -0.39 is 0 Å². The van der Waals surface area contributed by atoms with E-state index in [0.717, 1.165) is 32.4 Å². The van der Waals surface area contributed by atoms with Gasteiger partial charge in [0.15, 0.2) is 5.06 Å². The Labute approximate surface area is 125 Å². The van der Waals surface area contributed by atoms with Crippen LogP contribution in [0.2, 0.25) is 0 Å². The van der Waals surface area contributed by atoms with Gasteiger partial charge in [0.05, 0.1) is 0 Å². The molecular weight excluding hydrogens is 283 g/mol. The zero-order chi connectivity index (χ0) is 14.2. The molecular formula is C16H11BO3S. The number of hydrogen-bond acceptors (Lipinski definition) is 4. The van der Waals surface area contributed by atoms with Crippen molar-refractivity contribution in [3.63, 3.8) is 0 Å². The minimum absolute atomic E-state index is 0.311. The standard InChI is InChI=1S/C16H11BO3S/c18-17-20-15-9-8-14(21-15)12-6-3-5-11-10-4-1-2-7-13(10)19-16(11)12/h1-9,17-18H. The first kappa shape index (κ1) is 12.5. The molecule has 4 rings (SSSR count). The third-order valence-corrected chi connectivity index (χ3v) is 4.49. The summed E-state index contributed by atoms with van der Waals surface area (Å²) in [5.41, 5.74) is 2.82. The Morgan fingerprint density at radius 1 is 0.952 bits per heavy atom. The molecule has 2 aromatic carbocycles. The van der Waals surface area contributed by atoms with E-state index in [4.69, 9.17) is 14.1 Å². The van der Waals surface area contributed by atoms with Gasteiger partial charge in [0.2, 0.25) is 0 Å². The molecule has 0 saturated carbocycles. The molecule has 0 aliphatic rings. The summed E-state index contributed by atoms with van der Waals surface area (Å²) in [7, 11) is -0.311. The number of para-hydroxylation sites is 2. The van der Waals surface area contributed by atoms with E-state index in [1.807, 2.05) is 42.5 Å². The molecule has 0 unspecified atom stereocenters. The first-order chi connectivity index (χ1) is 10.4. The second-order valence-electron chi connectivity index (χ2n) is 4.67. The molecule has 5 heteroatoms. The molecule has 2 aromatic heterocycles. The number of fused-ring (bicyclic) bond motifs is 3. The molecule has 0 radical (unpaired) electrons. The minimum atomic E-state index is -0.311. The van der Waals surface area contributed by atoms with Crippen molar-refractivity contribution in [2.24, 2.45) is 0 Å². The molecule has 102 valence electrons. The summed E-state index contributed by atoms with van der Waals surface area (Å²) in [6.45, 7) is 0. The topological polar surface area (TPSA) is 42.6 Å².